The summed E-state index contributed by atoms with van der Waals surface area (Å²) in [6.07, 6.45) is 0. The molecule has 4 heteroatoms. The van der Waals surface area contributed by atoms with Gasteiger partial charge in [0, 0.05) is 12.6 Å². The molecule has 0 saturated carbocycles. The van der Waals surface area contributed by atoms with Crippen molar-refractivity contribution >= 4 is 11.6 Å². The fourth-order valence-corrected chi connectivity index (χ4v) is 1.82. The van der Waals surface area contributed by atoms with Crippen LogP contribution in [0.4, 0.5) is 0 Å². The van der Waals surface area contributed by atoms with Crippen LogP contribution in [0.1, 0.15) is 26.3 Å². The van der Waals surface area contributed by atoms with Crippen molar-refractivity contribution in [3.8, 4) is 11.5 Å². The Balaban J connectivity index is 2.93. The lowest BCUT2D eigenvalue weighted by atomic mass is 10.2. The van der Waals surface area contributed by atoms with Crippen molar-refractivity contribution in [3.63, 3.8) is 0 Å². The molecule has 0 spiro atoms. The van der Waals surface area contributed by atoms with Gasteiger partial charge in [-0.05, 0) is 24.6 Å². The van der Waals surface area contributed by atoms with E-state index in [9.17, 15) is 0 Å². The average molecular weight is 258 g/mol. The Kier molecular flexibility index (Phi) is 5.59. The van der Waals surface area contributed by atoms with Crippen molar-refractivity contribution < 1.29 is 9.47 Å². The van der Waals surface area contributed by atoms with Gasteiger partial charge >= 0.3 is 0 Å². The monoisotopic (exact) mass is 257 g/mol. The zero-order valence-corrected chi connectivity index (χ0v) is 11.6. The predicted molar refractivity (Wildman–Crippen MR) is 71.1 cm³/mol. The molecule has 0 aliphatic rings. The van der Waals surface area contributed by atoms with Crippen molar-refractivity contribution in [2.45, 2.75) is 33.4 Å². The van der Waals surface area contributed by atoms with Gasteiger partial charge in [-0.3, -0.25) is 0 Å². The smallest absolute Gasteiger partial charge is 0.179 e. The van der Waals surface area contributed by atoms with Gasteiger partial charge in [-0.15, -0.1) is 0 Å². The van der Waals surface area contributed by atoms with Crippen LogP contribution in [0.2, 0.25) is 5.02 Å². The van der Waals surface area contributed by atoms with Crippen LogP contribution in [0.3, 0.4) is 0 Å². The highest BCUT2D eigenvalue weighted by Crippen LogP contribution is 2.36. The summed E-state index contributed by atoms with van der Waals surface area (Å²) in [7, 11) is 1.59. The van der Waals surface area contributed by atoms with Gasteiger partial charge in [0.2, 0.25) is 0 Å². The first-order valence-electron chi connectivity index (χ1n) is 5.81. The third-order valence-corrected chi connectivity index (χ3v) is 2.57. The molecule has 0 saturated heterocycles. The molecule has 0 aliphatic carbocycles. The number of halogens is 1. The SMILES string of the molecule is CCOc1cc(CNC(C)C)cc(Cl)c1OC. The largest absolute Gasteiger partial charge is 0.491 e. The number of benzene rings is 1. The van der Waals surface area contributed by atoms with Gasteiger partial charge in [0.15, 0.2) is 11.5 Å². The van der Waals surface area contributed by atoms with Crippen molar-refractivity contribution in [2.75, 3.05) is 13.7 Å². The van der Waals surface area contributed by atoms with Crippen molar-refractivity contribution in [2.24, 2.45) is 0 Å². The van der Waals surface area contributed by atoms with Crippen molar-refractivity contribution in [3.05, 3.63) is 22.7 Å². The van der Waals surface area contributed by atoms with E-state index < -0.39 is 0 Å². The molecular weight excluding hydrogens is 238 g/mol. The van der Waals surface area contributed by atoms with Crippen LogP contribution >= 0.6 is 11.6 Å². The van der Waals surface area contributed by atoms with Gasteiger partial charge in [0.1, 0.15) is 0 Å². The molecule has 0 aromatic heterocycles. The van der Waals surface area contributed by atoms with Gasteiger partial charge in [-0.1, -0.05) is 25.4 Å². The summed E-state index contributed by atoms with van der Waals surface area (Å²) in [4.78, 5) is 0. The number of ether oxygens (including phenoxy) is 2. The Morgan fingerprint density at radius 3 is 2.59 bits per heavy atom. The maximum Gasteiger partial charge on any atom is 0.179 e. The molecule has 0 aliphatic heterocycles. The summed E-state index contributed by atoms with van der Waals surface area (Å²) in [5, 5.41) is 3.92. The topological polar surface area (TPSA) is 30.5 Å². The number of rotatable bonds is 6. The summed E-state index contributed by atoms with van der Waals surface area (Å²) in [6, 6.07) is 4.30. The summed E-state index contributed by atoms with van der Waals surface area (Å²) >= 11 is 6.15. The second-order valence-electron chi connectivity index (χ2n) is 4.08. The minimum absolute atomic E-state index is 0.437. The van der Waals surface area contributed by atoms with E-state index in [2.05, 4.69) is 19.2 Å². The summed E-state index contributed by atoms with van der Waals surface area (Å²) in [5.74, 6) is 1.30. The molecule has 0 radical (unpaired) electrons. The molecule has 0 atom stereocenters. The second kappa shape index (κ2) is 6.72. The Hall–Kier alpha value is -0.930. The molecule has 96 valence electrons. The molecular formula is C13H20ClNO2. The second-order valence-corrected chi connectivity index (χ2v) is 4.48. The van der Waals surface area contributed by atoms with E-state index in [4.69, 9.17) is 21.1 Å². The van der Waals surface area contributed by atoms with E-state index in [0.29, 0.717) is 29.2 Å². The van der Waals surface area contributed by atoms with E-state index in [-0.39, 0.29) is 0 Å². The highest BCUT2D eigenvalue weighted by Gasteiger charge is 2.11. The number of nitrogens with one attached hydrogen (secondary N) is 1. The quantitative estimate of drug-likeness (QED) is 0.849. The Bertz CT molecular complexity index is 367. The third kappa shape index (κ3) is 4.10. The highest BCUT2D eigenvalue weighted by molar-refractivity contribution is 6.32. The molecule has 1 aromatic rings. The minimum Gasteiger partial charge on any atom is -0.491 e. The van der Waals surface area contributed by atoms with Gasteiger partial charge < -0.3 is 14.8 Å². The van der Waals surface area contributed by atoms with Crippen LogP contribution in [0.15, 0.2) is 12.1 Å². The zero-order chi connectivity index (χ0) is 12.8. The maximum absolute atomic E-state index is 6.15. The molecule has 1 aromatic carbocycles. The Labute approximate surface area is 108 Å². The Morgan fingerprint density at radius 1 is 1.35 bits per heavy atom. The van der Waals surface area contributed by atoms with Gasteiger partial charge in [0.05, 0.1) is 18.7 Å². The van der Waals surface area contributed by atoms with Gasteiger partial charge in [-0.25, -0.2) is 0 Å². The fourth-order valence-electron chi connectivity index (χ4n) is 1.51. The molecule has 0 fully saturated rings. The molecule has 0 unspecified atom stereocenters. The van der Waals surface area contributed by atoms with E-state index in [0.717, 1.165) is 12.1 Å². The molecule has 1 rings (SSSR count). The first-order chi connectivity index (χ1) is 8.08. The highest BCUT2D eigenvalue weighted by atomic mass is 35.5. The van der Waals surface area contributed by atoms with E-state index in [1.165, 1.54) is 0 Å². The van der Waals surface area contributed by atoms with Crippen molar-refractivity contribution in [1.82, 2.24) is 5.32 Å². The van der Waals surface area contributed by atoms with Gasteiger partial charge in [-0.2, -0.15) is 0 Å². The average Bonchev–Trinajstić information content (AvgIpc) is 2.26. The lowest BCUT2D eigenvalue weighted by Gasteiger charge is -2.14. The standard InChI is InChI=1S/C13H20ClNO2/c1-5-17-12-7-10(8-15-9(2)3)6-11(14)13(12)16-4/h6-7,9,15H,5,8H2,1-4H3. The van der Waals surface area contributed by atoms with E-state index in [1.807, 2.05) is 19.1 Å². The lowest BCUT2D eigenvalue weighted by molar-refractivity contribution is 0.310. The van der Waals surface area contributed by atoms with E-state index in [1.54, 1.807) is 7.11 Å². The number of methoxy groups -OCH3 is 1. The van der Waals surface area contributed by atoms with Crippen LogP contribution in [0.25, 0.3) is 0 Å². The summed E-state index contributed by atoms with van der Waals surface area (Å²) in [6.45, 7) is 7.50. The van der Waals surface area contributed by atoms with Crippen LogP contribution < -0.4 is 14.8 Å². The van der Waals surface area contributed by atoms with Crippen LogP contribution in [0.5, 0.6) is 11.5 Å². The molecule has 0 bridgehead atoms. The zero-order valence-electron chi connectivity index (χ0n) is 10.8. The molecule has 3 nitrogen and oxygen atoms in total. The number of hydrogen-bond donors (Lipinski definition) is 1. The Morgan fingerprint density at radius 2 is 2.06 bits per heavy atom. The van der Waals surface area contributed by atoms with Gasteiger partial charge in [0.25, 0.3) is 0 Å². The van der Waals surface area contributed by atoms with Crippen LogP contribution in [-0.2, 0) is 6.54 Å². The van der Waals surface area contributed by atoms with Crippen LogP contribution in [0, 0.1) is 0 Å². The fraction of sp³-hybridized carbons (Fsp3) is 0.538. The van der Waals surface area contributed by atoms with E-state index >= 15 is 0 Å². The number of hydrogen-bond acceptors (Lipinski definition) is 3. The molecule has 17 heavy (non-hydrogen) atoms. The third-order valence-electron chi connectivity index (χ3n) is 2.29. The predicted octanol–water partition coefficient (Wildman–Crippen LogP) is 3.25. The minimum atomic E-state index is 0.437. The lowest BCUT2D eigenvalue weighted by Crippen LogP contribution is -2.21. The van der Waals surface area contributed by atoms with Crippen molar-refractivity contribution in [1.29, 1.82) is 0 Å². The summed E-state index contributed by atoms with van der Waals surface area (Å²) in [5.41, 5.74) is 1.09. The molecule has 0 heterocycles. The molecule has 1 N–H and O–H groups in total. The normalized spacial score (nSPS) is 10.7. The first kappa shape index (κ1) is 14.1. The first-order valence-corrected chi connectivity index (χ1v) is 6.18. The maximum atomic E-state index is 6.15. The molecule has 0 amide bonds. The summed E-state index contributed by atoms with van der Waals surface area (Å²) < 4.78 is 10.8. The van der Waals surface area contributed by atoms with Crippen LogP contribution in [-0.4, -0.2) is 19.8 Å².